The van der Waals surface area contributed by atoms with E-state index >= 15 is 4.39 Å². The van der Waals surface area contributed by atoms with Gasteiger partial charge in [-0.05, 0) is 48.7 Å². The maximum atomic E-state index is 16.5. The van der Waals surface area contributed by atoms with Gasteiger partial charge in [0, 0.05) is 31.3 Å². The number of alkyl halides is 1. The molecule has 4 aromatic rings. The van der Waals surface area contributed by atoms with Crippen LogP contribution in [0.3, 0.4) is 0 Å². The molecule has 4 atom stereocenters. The zero-order valence-electron chi connectivity index (χ0n) is 22.4. The van der Waals surface area contributed by atoms with Crippen LogP contribution in [0.2, 0.25) is 0 Å². The number of β-amino-alcohol motifs (C(OH)–C–C–N with tert-alkyl or cyclic N) is 1. The molecular weight excluding hydrogens is 532 g/mol. The van der Waals surface area contributed by atoms with E-state index in [0.717, 1.165) is 24.8 Å². The van der Waals surface area contributed by atoms with Crippen LogP contribution in [0.4, 0.5) is 14.6 Å². The fourth-order valence-electron chi connectivity index (χ4n) is 6.96. The number of fused-ring (bicyclic) bond motifs is 3. The predicted molar refractivity (Wildman–Crippen MR) is 149 cm³/mol. The number of hydrogen-bond donors (Lipinski definition) is 3. The van der Waals surface area contributed by atoms with Gasteiger partial charge in [-0.2, -0.15) is 9.97 Å². The third-order valence-corrected chi connectivity index (χ3v) is 8.85. The number of aromatic hydroxyl groups is 1. The number of halogens is 2. The molecule has 3 N–H and O–H groups in total. The molecule has 2 aromatic carbocycles. The zero-order valence-corrected chi connectivity index (χ0v) is 22.4. The van der Waals surface area contributed by atoms with E-state index in [0.29, 0.717) is 41.5 Å². The molecule has 0 bridgehead atoms. The molecule has 3 aliphatic rings. The van der Waals surface area contributed by atoms with E-state index in [1.165, 1.54) is 12.3 Å². The Morgan fingerprint density at radius 1 is 1.12 bits per heavy atom. The van der Waals surface area contributed by atoms with E-state index in [9.17, 15) is 19.7 Å². The first-order valence-corrected chi connectivity index (χ1v) is 14.0. The minimum absolute atomic E-state index is 0.0111. The summed E-state index contributed by atoms with van der Waals surface area (Å²) in [4.78, 5) is 17.4. The molecule has 0 unspecified atom stereocenters. The van der Waals surface area contributed by atoms with Crippen molar-refractivity contribution in [3.05, 3.63) is 48.4 Å². The molecule has 3 fully saturated rings. The van der Waals surface area contributed by atoms with Gasteiger partial charge in [0.1, 0.15) is 35.6 Å². The van der Waals surface area contributed by atoms with Crippen molar-refractivity contribution < 1.29 is 28.8 Å². The Kier molecular flexibility index (Phi) is 6.40. The van der Waals surface area contributed by atoms with Gasteiger partial charge in [0.25, 0.3) is 0 Å². The summed E-state index contributed by atoms with van der Waals surface area (Å²) in [6, 6.07) is 9.91. The van der Waals surface area contributed by atoms with Crippen molar-refractivity contribution in [2.75, 3.05) is 37.7 Å². The summed E-state index contributed by atoms with van der Waals surface area (Å²) in [5.41, 5.74) is -0.0569. The lowest BCUT2D eigenvalue weighted by Gasteiger charge is -2.31. The lowest BCUT2D eigenvalue weighted by atomic mass is 9.95. The average molecular weight is 564 g/mol. The fraction of sp³-hybridized carbons (Fsp3) is 0.433. The second-order valence-electron chi connectivity index (χ2n) is 11.5. The second-order valence-corrected chi connectivity index (χ2v) is 11.5. The Labute approximate surface area is 235 Å². The second kappa shape index (κ2) is 10.0. The van der Waals surface area contributed by atoms with Crippen LogP contribution in [0.5, 0.6) is 11.8 Å². The largest absolute Gasteiger partial charge is 0.508 e. The van der Waals surface area contributed by atoms with Gasteiger partial charge in [0.2, 0.25) is 0 Å². The van der Waals surface area contributed by atoms with E-state index < -0.39 is 29.7 Å². The minimum atomic E-state index is -0.924. The summed E-state index contributed by atoms with van der Waals surface area (Å²) in [5.74, 6) is -0.431. The van der Waals surface area contributed by atoms with Gasteiger partial charge in [0.05, 0.1) is 29.7 Å². The average Bonchev–Trinajstić information content (AvgIpc) is 3.62. The van der Waals surface area contributed by atoms with E-state index in [4.69, 9.17) is 4.74 Å². The van der Waals surface area contributed by atoms with Crippen LogP contribution in [0.25, 0.3) is 32.9 Å². The molecule has 0 spiro atoms. The highest BCUT2D eigenvalue weighted by Gasteiger charge is 2.49. The first-order chi connectivity index (χ1) is 19.8. The Morgan fingerprint density at radius 2 is 1.98 bits per heavy atom. The Morgan fingerprint density at radius 3 is 2.83 bits per heavy atom. The SMILES string of the molecule is OC[C@@H]1C[C@@H](O)CN1c1nc(OC[C@@]23CCCN2C[C@H](F)C3)nc2c(F)c(-c3cc(O)cc4ccccc34)ncc12. The fourth-order valence-corrected chi connectivity index (χ4v) is 6.96. The van der Waals surface area contributed by atoms with E-state index in [-0.39, 0.29) is 42.7 Å². The van der Waals surface area contributed by atoms with E-state index in [1.54, 1.807) is 11.0 Å². The maximum Gasteiger partial charge on any atom is 0.319 e. The van der Waals surface area contributed by atoms with Crippen molar-refractivity contribution in [1.29, 1.82) is 0 Å². The van der Waals surface area contributed by atoms with Crippen molar-refractivity contribution in [3.8, 4) is 23.0 Å². The summed E-state index contributed by atoms with van der Waals surface area (Å²) in [5, 5.41) is 32.5. The molecular formula is C30H31F2N5O4. The first-order valence-electron chi connectivity index (χ1n) is 14.0. The molecule has 3 saturated heterocycles. The summed E-state index contributed by atoms with van der Waals surface area (Å²) in [7, 11) is 0. The predicted octanol–water partition coefficient (Wildman–Crippen LogP) is 3.58. The summed E-state index contributed by atoms with van der Waals surface area (Å²) < 4.78 is 36.9. The molecule has 7 rings (SSSR count). The topological polar surface area (TPSA) is 115 Å². The standard InChI is InChI=1S/C30H31F2N5O4/c31-18-11-30(6-3-7-36(30)13-18)16-41-29-34-27-24(28(35-29)37-14-21(40)9-19(37)15-38)12-33-26(25(27)32)23-10-20(39)8-17-4-1-2-5-22(17)23/h1-2,4-5,8,10,12,18-19,21,38-40H,3,6-7,9,11,13-16H2/t18-,19+,21-,30+/m1/s1. The van der Waals surface area contributed by atoms with Crippen molar-refractivity contribution in [2.45, 2.75) is 49.5 Å². The number of ether oxygens (including phenoxy) is 1. The number of phenols is 1. The van der Waals surface area contributed by atoms with Crippen molar-refractivity contribution in [2.24, 2.45) is 0 Å². The first kappa shape index (κ1) is 26.2. The molecule has 0 radical (unpaired) electrons. The van der Waals surface area contributed by atoms with Crippen LogP contribution in [-0.4, -0.2) is 91.9 Å². The lowest BCUT2D eigenvalue weighted by molar-refractivity contribution is 0.107. The lowest BCUT2D eigenvalue weighted by Crippen LogP contribution is -2.43. The third-order valence-electron chi connectivity index (χ3n) is 8.85. The van der Waals surface area contributed by atoms with Crippen LogP contribution in [0.15, 0.2) is 42.6 Å². The highest BCUT2D eigenvalue weighted by molar-refractivity contribution is 5.99. The van der Waals surface area contributed by atoms with Crippen LogP contribution in [0, 0.1) is 5.82 Å². The molecule has 2 aromatic heterocycles. The minimum Gasteiger partial charge on any atom is -0.508 e. The molecule has 0 amide bonds. The number of aliphatic hydroxyl groups is 2. The van der Waals surface area contributed by atoms with Gasteiger partial charge in [-0.1, -0.05) is 24.3 Å². The van der Waals surface area contributed by atoms with Gasteiger partial charge in [0.15, 0.2) is 5.82 Å². The molecule has 11 heteroatoms. The number of aliphatic hydroxyl groups excluding tert-OH is 2. The smallest absolute Gasteiger partial charge is 0.319 e. The quantitative estimate of drug-likeness (QED) is 0.324. The Hall–Kier alpha value is -3.67. The summed E-state index contributed by atoms with van der Waals surface area (Å²) in [6.45, 7) is 1.31. The molecule has 3 aliphatic heterocycles. The number of nitrogens with zero attached hydrogens (tertiary/aromatic N) is 5. The zero-order chi connectivity index (χ0) is 28.3. The monoisotopic (exact) mass is 563 g/mol. The van der Waals surface area contributed by atoms with E-state index in [1.807, 2.05) is 24.3 Å². The van der Waals surface area contributed by atoms with Crippen molar-refractivity contribution in [1.82, 2.24) is 19.9 Å². The summed E-state index contributed by atoms with van der Waals surface area (Å²) in [6.07, 6.45) is 2.31. The Bertz CT molecular complexity index is 1640. The number of phenolic OH excluding ortho intramolecular Hbond substituents is 1. The number of hydrogen-bond acceptors (Lipinski definition) is 9. The van der Waals surface area contributed by atoms with Gasteiger partial charge < -0.3 is 25.0 Å². The number of pyridine rings is 1. The maximum absolute atomic E-state index is 16.5. The van der Waals surface area contributed by atoms with Crippen molar-refractivity contribution >= 4 is 27.5 Å². The molecule has 41 heavy (non-hydrogen) atoms. The van der Waals surface area contributed by atoms with Gasteiger partial charge in [-0.25, -0.2) is 8.78 Å². The normalized spacial score (nSPS) is 26.3. The number of rotatable bonds is 6. The highest BCUT2D eigenvalue weighted by atomic mass is 19.1. The van der Waals surface area contributed by atoms with E-state index in [2.05, 4.69) is 19.9 Å². The van der Waals surface area contributed by atoms with Crippen LogP contribution >= 0.6 is 0 Å². The van der Waals surface area contributed by atoms with Crippen molar-refractivity contribution in [3.63, 3.8) is 0 Å². The molecule has 5 heterocycles. The molecule has 0 aliphatic carbocycles. The number of anilines is 1. The molecule has 9 nitrogen and oxygen atoms in total. The third kappa shape index (κ3) is 4.43. The van der Waals surface area contributed by atoms with Gasteiger partial charge >= 0.3 is 6.01 Å². The van der Waals surface area contributed by atoms with Gasteiger partial charge in [-0.15, -0.1) is 0 Å². The number of benzene rings is 2. The van der Waals surface area contributed by atoms with Crippen LogP contribution < -0.4 is 9.64 Å². The highest BCUT2D eigenvalue weighted by Crippen LogP contribution is 2.41. The van der Waals surface area contributed by atoms with Gasteiger partial charge in [-0.3, -0.25) is 9.88 Å². The van der Waals surface area contributed by atoms with Crippen LogP contribution in [0.1, 0.15) is 25.7 Å². The molecule has 0 saturated carbocycles. The Balaban J connectivity index is 1.36. The number of aromatic nitrogens is 3. The van der Waals surface area contributed by atoms with Crippen LogP contribution in [-0.2, 0) is 0 Å². The molecule has 214 valence electrons. The summed E-state index contributed by atoms with van der Waals surface area (Å²) >= 11 is 0.